The largest absolute Gasteiger partial charge is 0.497 e. The summed E-state index contributed by atoms with van der Waals surface area (Å²) in [6, 6.07) is 11.0. The van der Waals surface area contributed by atoms with E-state index in [2.05, 4.69) is 9.82 Å². The molecular weight excluding hydrogens is 330 g/mol. The van der Waals surface area contributed by atoms with Gasteiger partial charge in [0.25, 0.3) is 10.2 Å². The van der Waals surface area contributed by atoms with E-state index in [9.17, 15) is 8.42 Å². The van der Waals surface area contributed by atoms with Crippen molar-refractivity contribution >= 4 is 10.2 Å². The number of methoxy groups -OCH3 is 1. The van der Waals surface area contributed by atoms with Crippen molar-refractivity contribution in [3.63, 3.8) is 0 Å². The molecule has 0 saturated heterocycles. The molecule has 1 heterocycles. The minimum absolute atomic E-state index is 0.0718. The third-order valence-corrected chi connectivity index (χ3v) is 4.88. The van der Waals surface area contributed by atoms with Gasteiger partial charge in [0.1, 0.15) is 5.75 Å². The molecule has 0 radical (unpaired) electrons. The van der Waals surface area contributed by atoms with Gasteiger partial charge in [-0.25, -0.2) is 4.68 Å². The van der Waals surface area contributed by atoms with Gasteiger partial charge in [0.15, 0.2) is 0 Å². The normalized spacial score (nSPS) is 11.4. The second kappa shape index (κ2) is 7.92. The van der Waals surface area contributed by atoms with Gasteiger partial charge < -0.3 is 4.74 Å². The number of hydrogen-bond acceptors (Lipinski definition) is 5. The Morgan fingerprint density at radius 2 is 2.04 bits per heavy atom. The van der Waals surface area contributed by atoms with Crippen LogP contribution >= 0.6 is 0 Å². The van der Waals surface area contributed by atoms with Crippen molar-refractivity contribution < 1.29 is 13.2 Å². The first-order valence-electron chi connectivity index (χ1n) is 7.23. The smallest absolute Gasteiger partial charge is 0.279 e. The second-order valence-corrected chi connectivity index (χ2v) is 6.87. The zero-order valence-electron chi connectivity index (χ0n) is 13.5. The topological polar surface area (TPSA) is 100 Å². The van der Waals surface area contributed by atoms with Crippen molar-refractivity contribution in [2.75, 3.05) is 20.7 Å². The highest BCUT2D eigenvalue weighted by atomic mass is 32.2. The van der Waals surface area contributed by atoms with Crippen molar-refractivity contribution in [3.05, 3.63) is 42.2 Å². The first-order valence-corrected chi connectivity index (χ1v) is 8.67. The number of aromatic nitrogens is 2. The number of nitrogens with one attached hydrogen (secondary N) is 1. The van der Waals surface area contributed by atoms with Crippen LogP contribution in [0.5, 0.6) is 5.75 Å². The average Bonchev–Trinajstić information content (AvgIpc) is 3.07. The zero-order chi connectivity index (χ0) is 17.6. The molecule has 0 atom stereocenters. The molecule has 0 spiro atoms. The molecule has 2 aromatic rings. The van der Waals surface area contributed by atoms with Gasteiger partial charge in [-0.15, -0.1) is 0 Å². The molecule has 1 aromatic carbocycles. The van der Waals surface area contributed by atoms with E-state index < -0.39 is 10.2 Å². The monoisotopic (exact) mass is 349 g/mol. The Morgan fingerprint density at radius 3 is 2.67 bits per heavy atom. The molecule has 9 heteroatoms. The summed E-state index contributed by atoms with van der Waals surface area (Å²) in [5.41, 5.74) is 1.43. The van der Waals surface area contributed by atoms with Crippen LogP contribution in [0.1, 0.15) is 12.1 Å². The molecule has 0 amide bonds. The van der Waals surface area contributed by atoms with Crippen LogP contribution in [-0.4, -0.2) is 43.2 Å². The number of nitrogens with zero attached hydrogens (tertiary/aromatic N) is 4. The molecule has 0 aliphatic carbocycles. The molecule has 0 unspecified atom stereocenters. The van der Waals surface area contributed by atoms with E-state index in [1.807, 2.05) is 30.3 Å². The van der Waals surface area contributed by atoms with Crippen LogP contribution in [-0.2, 0) is 16.8 Å². The molecule has 0 bridgehead atoms. The number of nitriles is 1. The molecule has 0 saturated carbocycles. The summed E-state index contributed by atoms with van der Waals surface area (Å²) >= 11 is 0. The number of rotatable bonds is 8. The fourth-order valence-electron chi connectivity index (χ4n) is 1.94. The Bertz CT molecular complexity index is 808. The van der Waals surface area contributed by atoms with Crippen molar-refractivity contribution in [2.24, 2.45) is 0 Å². The Labute approximate surface area is 141 Å². The molecular formula is C15H19N5O3S. The fraction of sp³-hybridized carbons (Fsp3) is 0.333. The van der Waals surface area contributed by atoms with Crippen LogP contribution < -0.4 is 9.46 Å². The van der Waals surface area contributed by atoms with Gasteiger partial charge >= 0.3 is 0 Å². The van der Waals surface area contributed by atoms with Crippen LogP contribution in [0.3, 0.4) is 0 Å². The summed E-state index contributed by atoms with van der Waals surface area (Å²) in [6.07, 6.45) is 1.90. The average molecular weight is 349 g/mol. The van der Waals surface area contributed by atoms with E-state index in [0.29, 0.717) is 5.69 Å². The highest BCUT2D eigenvalue weighted by Crippen LogP contribution is 2.14. The lowest BCUT2D eigenvalue weighted by molar-refractivity contribution is 0.414. The Kier molecular flexibility index (Phi) is 5.92. The highest BCUT2D eigenvalue weighted by Gasteiger charge is 2.17. The summed E-state index contributed by atoms with van der Waals surface area (Å²) < 4.78 is 34.4. The van der Waals surface area contributed by atoms with E-state index in [1.54, 1.807) is 24.1 Å². The highest BCUT2D eigenvalue weighted by molar-refractivity contribution is 7.87. The summed E-state index contributed by atoms with van der Waals surface area (Å²) in [6.45, 7) is 0.217. The van der Waals surface area contributed by atoms with Crippen LogP contribution in [0.2, 0.25) is 0 Å². The SMILES string of the molecule is COc1ccc(-n2ccc(CNS(=O)(=O)N(C)CCC#N)n2)cc1. The Balaban J connectivity index is 1.99. The van der Waals surface area contributed by atoms with E-state index >= 15 is 0 Å². The zero-order valence-corrected chi connectivity index (χ0v) is 14.3. The third-order valence-electron chi connectivity index (χ3n) is 3.37. The summed E-state index contributed by atoms with van der Waals surface area (Å²) in [5, 5.41) is 12.9. The molecule has 0 aliphatic heterocycles. The Hall–Kier alpha value is -2.41. The predicted octanol–water partition coefficient (Wildman–Crippen LogP) is 1.06. The Morgan fingerprint density at radius 1 is 1.33 bits per heavy atom. The summed E-state index contributed by atoms with van der Waals surface area (Å²) in [4.78, 5) is 0. The van der Waals surface area contributed by atoms with E-state index in [0.717, 1.165) is 15.7 Å². The molecule has 1 aromatic heterocycles. The van der Waals surface area contributed by atoms with E-state index in [-0.39, 0.29) is 19.5 Å². The molecule has 0 fully saturated rings. The van der Waals surface area contributed by atoms with Crippen molar-refractivity contribution in [1.29, 1.82) is 5.26 Å². The standard InChI is InChI=1S/C15H19N5O3S/c1-19(10-3-9-16)24(21,22)17-12-13-8-11-20(18-13)14-4-6-15(23-2)7-5-14/h4-8,11,17H,3,10,12H2,1-2H3. The summed E-state index contributed by atoms with van der Waals surface area (Å²) in [7, 11) is -0.604. The van der Waals surface area contributed by atoms with Crippen LogP contribution in [0.25, 0.3) is 5.69 Å². The minimum atomic E-state index is -3.63. The fourth-order valence-corrected chi connectivity index (χ4v) is 2.82. The first-order chi connectivity index (χ1) is 11.5. The van der Waals surface area contributed by atoms with Gasteiger partial charge in [0, 0.05) is 26.2 Å². The number of hydrogen-bond donors (Lipinski definition) is 1. The third kappa shape index (κ3) is 4.55. The van der Waals surface area contributed by atoms with Gasteiger partial charge in [-0.3, -0.25) is 0 Å². The molecule has 0 aliphatic rings. The quantitative estimate of drug-likeness (QED) is 0.768. The van der Waals surface area contributed by atoms with Gasteiger partial charge in [-0.05, 0) is 30.3 Å². The van der Waals surface area contributed by atoms with Crippen molar-refractivity contribution in [1.82, 2.24) is 18.8 Å². The molecule has 8 nitrogen and oxygen atoms in total. The lowest BCUT2D eigenvalue weighted by Gasteiger charge is -2.15. The lowest BCUT2D eigenvalue weighted by Crippen LogP contribution is -2.38. The van der Waals surface area contributed by atoms with Crippen LogP contribution in [0, 0.1) is 11.3 Å². The van der Waals surface area contributed by atoms with Gasteiger partial charge in [0.05, 0.1) is 31.1 Å². The van der Waals surface area contributed by atoms with Crippen LogP contribution in [0.4, 0.5) is 0 Å². The minimum Gasteiger partial charge on any atom is -0.497 e. The van der Waals surface area contributed by atoms with Crippen molar-refractivity contribution in [3.8, 4) is 17.5 Å². The van der Waals surface area contributed by atoms with Gasteiger partial charge in [0.2, 0.25) is 0 Å². The van der Waals surface area contributed by atoms with Crippen molar-refractivity contribution in [2.45, 2.75) is 13.0 Å². The second-order valence-electron chi connectivity index (χ2n) is 5.01. The van der Waals surface area contributed by atoms with Gasteiger partial charge in [-0.2, -0.15) is 27.8 Å². The first kappa shape index (κ1) is 17.9. The lowest BCUT2D eigenvalue weighted by atomic mass is 10.3. The maximum atomic E-state index is 12.0. The van der Waals surface area contributed by atoms with Gasteiger partial charge in [-0.1, -0.05) is 0 Å². The van der Waals surface area contributed by atoms with E-state index in [1.165, 1.54) is 7.05 Å². The van der Waals surface area contributed by atoms with E-state index in [4.69, 9.17) is 10.00 Å². The van der Waals surface area contributed by atoms with Crippen LogP contribution in [0.15, 0.2) is 36.5 Å². The molecule has 24 heavy (non-hydrogen) atoms. The number of benzene rings is 1. The summed E-state index contributed by atoms with van der Waals surface area (Å²) in [5.74, 6) is 0.749. The molecule has 2 rings (SSSR count). The maximum Gasteiger partial charge on any atom is 0.279 e. The molecule has 1 N–H and O–H groups in total. The predicted molar refractivity (Wildman–Crippen MR) is 88.7 cm³/mol. The molecule has 128 valence electrons. The maximum absolute atomic E-state index is 12.0. The number of ether oxygens (including phenoxy) is 1.